The van der Waals surface area contributed by atoms with Gasteiger partial charge in [-0.1, -0.05) is 412 Å². The molecule has 0 aromatic heterocycles. The third-order valence-electron chi connectivity index (χ3n) is 17.9. The van der Waals surface area contributed by atoms with Gasteiger partial charge >= 0.3 is 17.9 Å². The first-order chi connectivity index (χ1) is 40.5. The molecular formula is C76H148O6. The number of esters is 3. The highest BCUT2D eigenvalue weighted by atomic mass is 16.6. The number of hydrogen-bond acceptors (Lipinski definition) is 6. The summed E-state index contributed by atoms with van der Waals surface area (Å²) in [5.74, 6) is -0.817. The van der Waals surface area contributed by atoms with E-state index < -0.39 is 6.10 Å². The van der Waals surface area contributed by atoms with Gasteiger partial charge in [0.05, 0.1) is 0 Å². The molecule has 0 spiro atoms. The van der Waals surface area contributed by atoms with Crippen LogP contribution in [0, 0.1) is 0 Å². The Morgan fingerprint density at radius 3 is 0.488 bits per heavy atom. The van der Waals surface area contributed by atoms with Gasteiger partial charge in [-0.25, -0.2) is 0 Å². The minimum atomic E-state index is -0.764. The topological polar surface area (TPSA) is 78.9 Å². The molecule has 0 bridgehead atoms. The molecular weight excluding hydrogens is 1010 g/mol. The first-order valence-electron chi connectivity index (χ1n) is 38.0. The summed E-state index contributed by atoms with van der Waals surface area (Å²) in [7, 11) is 0. The van der Waals surface area contributed by atoms with E-state index in [2.05, 4.69) is 20.8 Å². The van der Waals surface area contributed by atoms with Crippen molar-refractivity contribution in [3.05, 3.63) is 0 Å². The summed E-state index contributed by atoms with van der Waals surface area (Å²) in [5.41, 5.74) is 0. The summed E-state index contributed by atoms with van der Waals surface area (Å²) in [5, 5.41) is 0. The highest BCUT2D eigenvalue weighted by molar-refractivity contribution is 5.71. The van der Waals surface area contributed by atoms with E-state index in [1.807, 2.05) is 0 Å². The summed E-state index contributed by atoms with van der Waals surface area (Å²) in [6.07, 6.45) is 85.9. The fraction of sp³-hybridized carbons (Fsp3) is 0.961. The van der Waals surface area contributed by atoms with Crippen LogP contribution < -0.4 is 0 Å². The number of unbranched alkanes of at least 4 members (excludes halogenated alkanes) is 61. The summed E-state index contributed by atoms with van der Waals surface area (Å²) in [6.45, 7) is 6.75. The third-order valence-corrected chi connectivity index (χ3v) is 17.9. The molecule has 0 aliphatic heterocycles. The second-order valence-electron chi connectivity index (χ2n) is 26.3. The lowest BCUT2D eigenvalue weighted by Gasteiger charge is -2.18. The van der Waals surface area contributed by atoms with Crippen LogP contribution in [0.4, 0.5) is 0 Å². The Balaban J connectivity index is 4.12. The van der Waals surface area contributed by atoms with Crippen molar-refractivity contribution in [3.63, 3.8) is 0 Å². The van der Waals surface area contributed by atoms with Gasteiger partial charge in [-0.3, -0.25) is 14.4 Å². The molecule has 0 aliphatic rings. The maximum Gasteiger partial charge on any atom is 0.306 e. The van der Waals surface area contributed by atoms with Crippen LogP contribution in [0.15, 0.2) is 0 Å². The first-order valence-corrected chi connectivity index (χ1v) is 38.0. The maximum atomic E-state index is 13.0. The van der Waals surface area contributed by atoms with Crippen LogP contribution in [0.25, 0.3) is 0 Å². The van der Waals surface area contributed by atoms with E-state index >= 15 is 0 Å². The lowest BCUT2D eigenvalue weighted by Crippen LogP contribution is -2.30. The Morgan fingerprint density at radius 1 is 0.195 bits per heavy atom. The molecule has 0 saturated heterocycles. The Labute approximate surface area is 514 Å². The molecule has 0 heterocycles. The fourth-order valence-corrected chi connectivity index (χ4v) is 12.2. The Bertz CT molecular complexity index is 1240. The van der Waals surface area contributed by atoms with Gasteiger partial charge in [0.15, 0.2) is 6.10 Å². The maximum absolute atomic E-state index is 13.0. The highest BCUT2D eigenvalue weighted by Gasteiger charge is 2.20. The average molecular weight is 1160 g/mol. The molecule has 0 fully saturated rings. The van der Waals surface area contributed by atoms with Crippen molar-refractivity contribution in [1.29, 1.82) is 0 Å². The van der Waals surface area contributed by atoms with Crippen molar-refractivity contribution in [2.75, 3.05) is 13.2 Å². The molecule has 0 aromatic rings. The summed E-state index contributed by atoms with van der Waals surface area (Å²) in [4.78, 5) is 38.5. The van der Waals surface area contributed by atoms with Crippen molar-refractivity contribution in [3.8, 4) is 0 Å². The second-order valence-corrected chi connectivity index (χ2v) is 26.3. The summed E-state index contributed by atoms with van der Waals surface area (Å²) in [6, 6.07) is 0. The lowest BCUT2D eigenvalue weighted by molar-refractivity contribution is -0.167. The van der Waals surface area contributed by atoms with Gasteiger partial charge < -0.3 is 14.2 Å². The van der Waals surface area contributed by atoms with Gasteiger partial charge in [-0.15, -0.1) is 0 Å². The van der Waals surface area contributed by atoms with Crippen LogP contribution in [0.3, 0.4) is 0 Å². The average Bonchev–Trinajstić information content (AvgIpc) is 3.47. The van der Waals surface area contributed by atoms with Gasteiger partial charge in [-0.2, -0.15) is 0 Å². The number of hydrogen-bond donors (Lipinski definition) is 0. The van der Waals surface area contributed by atoms with Gasteiger partial charge in [0.25, 0.3) is 0 Å². The Kier molecular flexibility index (Phi) is 70.5. The number of carbonyl (C=O) groups excluding carboxylic acids is 3. The molecule has 1 atom stereocenters. The predicted molar refractivity (Wildman–Crippen MR) is 358 cm³/mol. The molecule has 0 aromatic carbocycles. The van der Waals surface area contributed by atoms with Crippen molar-refractivity contribution < 1.29 is 28.6 Å². The Morgan fingerprint density at radius 2 is 0.329 bits per heavy atom. The van der Waals surface area contributed by atoms with E-state index in [0.717, 1.165) is 57.8 Å². The summed E-state index contributed by atoms with van der Waals surface area (Å²) >= 11 is 0. The molecule has 1 unspecified atom stereocenters. The largest absolute Gasteiger partial charge is 0.462 e. The zero-order valence-electron chi connectivity index (χ0n) is 56.3. The zero-order chi connectivity index (χ0) is 59.2. The normalized spacial score (nSPS) is 11.9. The van der Waals surface area contributed by atoms with Crippen LogP contribution in [0.1, 0.15) is 451 Å². The van der Waals surface area contributed by atoms with E-state index in [0.29, 0.717) is 19.3 Å². The van der Waals surface area contributed by atoms with Gasteiger partial charge in [0.2, 0.25) is 0 Å². The minimum absolute atomic E-state index is 0.0600. The minimum Gasteiger partial charge on any atom is -0.462 e. The van der Waals surface area contributed by atoms with Crippen LogP contribution in [0.5, 0.6) is 0 Å². The molecule has 0 aliphatic carbocycles. The quantitative estimate of drug-likeness (QED) is 0.0343. The van der Waals surface area contributed by atoms with E-state index in [9.17, 15) is 14.4 Å². The monoisotopic (exact) mass is 1160 g/mol. The Hall–Kier alpha value is -1.59. The lowest BCUT2D eigenvalue weighted by atomic mass is 10.0. The molecule has 82 heavy (non-hydrogen) atoms. The molecule has 488 valence electrons. The molecule has 0 radical (unpaired) electrons. The van der Waals surface area contributed by atoms with E-state index in [4.69, 9.17) is 14.2 Å². The smallest absolute Gasteiger partial charge is 0.306 e. The first kappa shape index (κ1) is 80.4. The van der Waals surface area contributed by atoms with Gasteiger partial charge in [0, 0.05) is 19.3 Å². The fourth-order valence-electron chi connectivity index (χ4n) is 12.2. The van der Waals surface area contributed by atoms with E-state index in [1.165, 1.54) is 353 Å². The highest BCUT2D eigenvalue weighted by Crippen LogP contribution is 2.20. The van der Waals surface area contributed by atoms with Crippen molar-refractivity contribution in [2.45, 2.75) is 457 Å². The van der Waals surface area contributed by atoms with Crippen LogP contribution in [0.2, 0.25) is 0 Å². The van der Waals surface area contributed by atoms with E-state index in [1.54, 1.807) is 0 Å². The predicted octanol–water partition coefficient (Wildman–Crippen LogP) is 26.2. The van der Waals surface area contributed by atoms with Crippen molar-refractivity contribution >= 4 is 17.9 Å². The van der Waals surface area contributed by atoms with Crippen molar-refractivity contribution in [1.82, 2.24) is 0 Å². The van der Waals surface area contributed by atoms with Crippen molar-refractivity contribution in [2.24, 2.45) is 0 Å². The standard InChI is InChI=1S/C76H148O6/c1-4-7-10-13-16-19-22-25-27-29-31-33-34-35-36-37-38-39-40-41-43-44-46-48-51-54-57-60-63-66-69-75(78)81-72-73(71-80-74(77)68-65-62-59-56-53-50-24-21-18-15-12-9-6-3)82-76(79)70-67-64-61-58-55-52-49-47-45-42-32-30-28-26-23-20-17-14-11-8-5-2/h73H,4-72H2,1-3H3. The van der Waals surface area contributed by atoms with Crippen LogP contribution in [-0.4, -0.2) is 37.2 Å². The number of carbonyl (C=O) groups is 3. The molecule has 0 amide bonds. The van der Waals surface area contributed by atoms with Gasteiger partial charge in [-0.05, 0) is 19.3 Å². The molecule has 0 saturated carbocycles. The molecule has 0 N–H and O–H groups in total. The van der Waals surface area contributed by atoms with E-state index in [-0.39, 0.29) is 31.1 Å². The SMILES string of the molecule is CCCCCCCCCCCCCCCCCCCCCCCCCCCCCCCCC(=O)OCC(COC(=O)CCCCCCCCCCCCCCC)OC(=O)CCCCCCCCCCCCCCCCCCCCCCC. The van der Waals surface area contributed by atoms with Gasteiger partial charge in [0.1, 0.15) is 13.2 Å². The van der Waals surface area contributed by atoms with Crippen LogP contribution in [-0.2, 0) is 28.6 Å². The zero-order valence-corrected chi connectivity index (χ0v) is 56.3. The van der Waals surface area contributed by atoms with Crippen LogP contribution >= 0.6 is 0 Å². The summed E-state index contributed by atoms with van der Waals surface area (Å²) < 4.78 is 17.0. The number of ether oxygens (including phenoxy) is 3. The number of rotatable bonds is 72. The molecule has 6 nitrogen and oxygen atoms in total. The molecule has 0 rings (SSSR count). The second kappa shape index (κ2) is 71.9. The molecule has 6 heteroatoms. The third kappa shape index (κ3) is 69.2.